The van der Waals surface area contributed by atoms with Crippen LogP contribution in [0.3, 0.4) is 0 Å². The molecule has 4 heterocycles. The van der Waals surface area contributed by atoms with E-state index in [4.69, 9.17) is 4.98 Å². The number of thiophene rings is 1. The van der Waals surface area contributed by atoms with Gasteiger partial charge in [-0.05, 0) is 66.6 Å². The average molecular weight is 558 g/mol. The van der Waals surface area contributed by atoms with Gasteiger partial charge in [0.05, 0.1) is 16.9 Å². The van der Waals surface area contributed by atoms with Crippen LogP contribution in [0.15, 0.2) is 122 Å². The van der Waals surface area contributed by atoms with Crippen LogP contribution in [0.25, 0.3) is 49.3 Å². The lowest BCUT2D eigenvalue weighted by Crippen LogP contribution is -2.12. The van der Waals surface area contributed by atoms with E-state index in [-0.39, 0.29) is 5.13 Å². The second kappa shape index (κ2) is 11.2. The van der Waals surface area contributed by atoms with Gasteiger partial charge in [0, 0.05) is 39.2 Å². The van der Waals surface area contributed by atoms with E-state index < -0.39 is 0 Å². The van der Waals surface area contributed by atoms with Crippen LogP contribution in [0, 0.1) is 5.13 Å². The summed E-state index contributed by atoms with van der Waals surface area (Å²) in [5.41, 5.74) is 9.72. The molecule has 2 aromatic carbocycles. The Kier molecular flexibility index (Phi) is 7.18. The zero-order valence-corrected chi connectivity index (χ0v) is 23.4. The fourth-order valence-electron chi connectivity index (χ4n) is 4.91. The van der Waals surface area contributed by atoms with Gasteiger partial charge in [-0.3, -0.25) is 5.10 Å². The number of allylic oxidation sites excluding steroid dienone is 5. The number of pyridine rings is 1. The van der Waals surface area contributed by atoms with Gasteiger partial charge < -0.3 is 10.3 Å². The second-order valence-corrected chi connectivity index (χ2v) is 10.7. The summed E-state index contributed by atoms with van der Waals surface area (Å²) in [6.07, 6.45) is 6.54. The molecule has 7 heteroatoms. The van der Waals surface area contributed by atoms with Crippen LogP contribution in [0.5, 0.6) is 0 Å². The number of aromatic nitrogens is 4. The minimum absolute atomic E-state index is 0.202. The molecule has 0 aliphatic rings. The van der Waals surface area contributed by atoms with Crippen molar-refractivity contribution in [2.24, 2.45) is 0 Å². The quantitative estimate of drug-likeness (QED) is 0.156. The van der Waals surface area contributed by atoms with Crippen LogP contribution in [-0.4, -0.2) is 20.2 Å². The summed E-state index contributed by atoms with van der Waals surface area (Å²) in [6, 6.07) is 25.5. The highest BCUT2D eigenvalue weighted by Crippen LogP contribution is 2.36. The highest BCUT2D eigenvalue weighted by atomic mass is 32.1. The molecule has 3 N–H and O–H groups in total. The standard InChI is InChI=1S/C34H28FN5S/c1-4-23(19-24(5-2)36-21(3)18-22-10-7-6-8-11-22)27-14-15-29-33(38-27)34(40-39-29)30-20-26-25(12-9-13-28(26)37-30)31-16-17-32(35)41-31/h4-17,19-20,36-37H,2-3,18H2,1H3,(H,39,40)/b23-4+,24-19+. The number of hydrogen-bond donors (Lipinski definition) is 3. The zero-order valence-electron chi connectivity index (χ0n) is 22.5. The Morgan fingerprint density at radius 3 is 2.63 bits per heavy atom. The molecule has 202 valence electrons. The number of halogens is 1. The first kappa shape index (κ1) is 26.2. The van der Waals surface area contributed by atoms with E-state index in [1.807, 2.05) is 73.7 Å². The molecule has 0 fully saturated rings. The lowest BCUT2D eigenvalue weighted by atomic mass is 10.1. The van der Waals surface area contributed by atoms with E-state index in [1.165, 1.54) is 11.6 Å². The number of benzene rings is 2. The summed E-state index contributed by atoms with van der Waals surface area (Å²) >= 11 is 1.14. The highest BCUT2D eigenvalue weighted by molar-refractivity contribution is 7.14. The maximum absolute atomic E-state index is 13.8. The first-order valence-corrected chi connectivity index (χ1v) is 14.1. The minimum atomic E-state index is -0.202. The molecule has 0 radical (unpaired) electrons. The van der Waals surface area contributed by atoms with Crippen molar-refractivity contribution in [1.82, 2.24) is 25.5 Å². The smallest absolute Gasteiger partial charge is 0.176 e. The van der Waals surface area contributed by atoms with Crippen molar-refractivity contribution < 1.29 is 4.39 Å². The minimum Gasteiger partial charge on any atom is -0.359 e. The summed E-state index contributed by atoms with van der Waals surface area (Å²) in [6.45, 7) is 10.2. The molecule has 4 aromatic heterocycles. The van der Waals surface area contributed by atoms with Crippen LogP contribution in [-0.2, 0) is 6.42 Å². The third-order valence-corrected chi connectivity index (χ3v) is 7.79. The lowest BCUT2D eigenvalue weighted by Gasteiger charge is -2.12. The molecule has 41 heavy (non-hydrogen) atoms. The molecular weight excluding hydrogens is 529 g/mol. The maximum Gasteiger partial charge on any atom is 0.176 e. The van der Waals surface area contributed by atoms with Gasteiger partial charge in [-0.15, -0.1) is 11.3 Å². The molecule has 0 unspecified atom stereocenters. The molecule has 0 atom stereocenters. The summed E-state index contributed by atoms with van der Waals surface area (Å²) < 4.78 is 13.8. The van der Waals surface area contributed by atoms with Crippen LogP contribution >= 0.6 is 11.3 Å². The lowest BCUT2D eigenvalue weighted by molar-refractivity contribution is 0.657. The predicted octanol–water partition coefficient (Wildman–Crippen LogP) is 8.79. The number of hydrogen-bond acceptors (Lipinski definition) is 4. The first-order chi connectivity index (χ1) is 20.0. The predicted molar refractivity (Wildman–Crippen MR) is 169 cm³/mol. The van der Waals surface area contributed by atoms with E-state index in [0.717, 1.165) is 77.8 Å². The fraction of sp³-hybridized carbons (Fsp3) is 0.0588. The molecular formula is C34H28FN5S. The Bertz CT molecular complexity index is 1960. The molecule has 6 aromatic rings. The summed E-state index contributed by atoms with van der Waals surface area (Å²) in [5.74, 6) is 0. The van der Waals surface area contributed by atoms with Crippen molar-refractivity contribution >= 4 is 38.8 Å². The Morgan fingerprint density at radius 1 is 1.02 bits per heavy atom. The molecule has 6 rings (SSSR count). The number of aromatic amines is 2. The SMILES string of the molecule is C=C/C(=C\C(=C/C)c1ccc2[nH]nc(-c3cc4c(-c5ccc(F)s5)cccc4[nH]3)c2n1)NC(=C)Cc1ccccc1. The van der Waals surface area contributed by atoms with Gasteiger partial charge in [0.15, 0.2) is 5.13 Å². The third-order valence-electron chi connectivity index (χ3n) is 6.88. The van der Waals surface area contributed by atoms with Crippen LogP contribution in [0.4, 0.5) is 4.39 Å². The van der Waals surface area contributed by atoms with Crippen LogP contribution < -0.4 is 5.32 Å². The molecule has 0 aliphatic carbocycles. The van der Waals surface area contributed by atoms with E-state index in [0.29, 0.717) is 6.42 Å². The summed E-state index contributed by atoms with van der Waals surface area (Å²) in [7, 11) is 0. The largest absolute Gasteiger partial charge is 0.359 e. The number of nitrogens with zero attached hydrogens (tertiary/aromatic N) is 2. The fourth-order valence-corrected chi connectivity index (χ4v) is 5.68. The van der Waals surface area contributed by atoms with E-state index in [2.05, 4.69) is 51.9 Å². The number of rotatable bonds is 9. The normalized spacial score (nSPS) is 12.2. The van der Waals surface area contributed by atoms with Gasteiger partial charge in [0.1, 0.15) is 11.2 Å². The molecule has 0 amide bonds. The highest BCUT2D eigenvalue weighted by Gasteiger charge is 2.16. The second-order valence-electron chi connectivity index (χ2n) is 9.66. The Hall–Kier alpha value is -5.01. The molecule has 0 aliphatic heterocycles. The average Bonchev–Trinajstić information content (AvgIpc) is 3.73. The Morgan fingerprint density at radius 2 is 1.88 bits per heavy atom. The first-order valence-electron chi connectivity index (χ1n) is 13.2. The Labute approximate surface area is 241 Å². The number of H-pyrrole nitrogens is 2. The van der Waals surface area contributed by atoms with Crippen molar-refractivity contribution in [3.63, 3.8) is 0 Å². The molecule has 5 nitrogen and oxygen atoms in total. The van der Waals surface area contributed by atoms with Gasteiger partial charge >= 0.3 is 0 Å². The van der Waals surface area contributed by atoms with Crippen molar-refractivity contribution in [1.29, 1.82) is 0 Å². The topological polar surface area (TPSA) is 69.4 Å². The summed E-state index contributed by atoms with van der Waals surface area (Å²) in [4.78, 5) is 9.38. The van der Waals surface area contributed by atoms with Crippen molar-refractivity contribution in [3.05, 3.63) is 138 Å². The van der Waals surface area contributed by atoms with Crippen molar-refractivity contribution in [2.75, 3.05) is 0 Å². The van der Waals surface area contributed by atoms with Crippen LogP contribution in [0.1, 0.15) is 18.2 Å². The number of nitrogens with one attached hydrogen (secondary N) is 3. The van der Waals surface area contributed by atoms with Crippen molar-refractivity contribution in [3.8, 4) is 21.8 Å². The van der Waals surface area contributed by atoms with Crippen LogP contribution in [0.2, 0.25) is 0 Å². The molecule has 0 saturated heterocycles. The zero-order chi connectivity index (χ0) is 28.3. The van der Waals surface area contributed by atoms with E-state index in [1.54, 1.807) is 6.08 Å². The summed E-state index contributed by atoms with van der Waals surface area (Å²) in [5, 5.41) is 11.9. The van der Waals surface area contributed by atoms with E-state index in [9.17, 15) is 4.39 Å². The Balaban J connectivity index is 1.32. The van der Waals surface area contributed by atoms with Gasteiger partial charge in [-0.25, -0.2) is 4.98 Å². The van der Waals surface area contributed by atoms with Crippen molar-refractivity contribution in [2.45, 2.75) is 13.3 Å². The molecule has 0 spiro atoms. The van der Waals surface area contributed by atoms with Gasteiger partial charge in [0.25, 0.3) is 0 Å². The number of fused-ring (bicyclic) bond motifs is 2. The van der Waals surface area contributed by atoms with Gasteiger partial charge in [-0.1, -0.05) is 61.7 Å². The molecule has 0 bridgehead atoms. The third kappa shape index (κ3) is 5.40. The maximum atomic E-state index is 13.8. The van der Waals surface area contributed by atoms with E-state index >= 15 is 0 Å². The van der Waals surface area contributed by atoms with Gasteiger partial charge in [0.2, 0.25) is 0 Å². The van der Waals surface area contributed by atoms with Gasteiger partial charge in [-0.2, -0.15) is 9.49 Å². The molecule has 0 saturated carbocycles. The monoisotopic (exact) mass is 557 g/mol.